The van der Waals surface area contributed by atoms with Crippen LogP contribution in [0.15, 0.2) is 65.6 Å². The normalized spacial score (nSPS) is 13.4. The number of thiocarbonyl (C=S) groups is 1. The number of amides is 1. The van der Waals surface area contributed by atoms with Gasteiger partial charge in [-0.05, 0) is 44.3 Å². The van der Waals surface area contributed by atoms with Gasteiger partial charge in [-0.1, -0.05) is 18.2 Å². The summed E-state index contributed by atoms with van der Waals surface area (Å²) in [6.07, 6.45) is 2.72. The molecule has 38 heavy (non-hydrogen) atoms. The summed E-state index contributed by atoms with van der Waals surface area (Å²) in [7, 11) is 0. The second-order valence-corrected chi connectivity index (χ2v) is 9.35. The molecule has 11 heteroatoms. The smallest absolute Gasteiger partial charge is 0.257 e. The molecule has 0 radical (unpaired) electrons. The maximum atomic E-state index is 15.4. The van der Waals surface area contributed by atoms with Gasteiger partial charge in [-0.3, -0.25) is 10.1 Å². The third kappa shape index (κ3) is 5.90. The highest BCUT2D eigenvalue weighted by Gasteiger charge is 2.36. The fourth-order valence-corrected chi connectivity index (χ4v) is 4.56. The van der Waals surface area contributed by atoms with E-state index in [-0.39, 0.29) is 28.4 Å². The summed E-state index contributed by atoms with van der Waals surface area (Å²) in [4.78, 5) is 24.7. The predicted octanol–water partition coefficient (Wildman–Crippen LogP) is 4.67. The molecule has 2 aromatic carbocycles. The second-order valence-electron chi connectivity index (χ2n) is 8.94. The van der Waals surface area contributed by atoms with E-state index in [2.05, 4.69) is 25.6 Å². The number of benzene rings is 2. The molecule has 2 atom stereocenters. The van der Waals surface area contributed by atoms with E-state index in [4.69, 9.17) is 16.6 Å². The molecule has 0 bridgehead atoms. The van der Waals surface area contributed by atoms with Crippen molar-refractivity contribution in [2.24, 2.45) is 0 Å². The number of rotatable bonds is 7. The number of oxazole rings is 1. The van der Waals surface area contributed by atoms with Gasteiger partial charge in [0.25, 0.3) is 5.91 Å². The van der Waals surface area contributed by atoms with Crippen molar-refractivity contribution in [1.82, 2.24) is 25.6 Å². The monoisotopic (exact) mass is 537 g/mol. The van der Waals surface area contributed by atoms with Crippen LogP contribution in [0.3, 0.4) is 0 Å². The van der Waals surface area contributed by atoms with E-state index in [0.29, 0.717) is 22.8 Å². The Morgan fingerprint density at radius 3 is 2.45 bits per heavy atom. The van der Waals surface area contributed by atoms with Gasteiger partial charge in [0.1, 0.15) is 35.5 Å². The maximum absolute atomic E-state index is 15.4. The number of carbonyl (C=O) groups excluding carboxylic acids is 1. The second kappa shape index (κ2) is 11.1. The number of carbonyl (C=O) groups is 1. The Morgan fingerprint density at radius 2 is 1.82 bits per heavy atom. The van der Waals surface area contributed by atoms with Gasteiger partial charge in [0.2, 0.25) is 0 Å². The van der Waals surface area contributed by atoms with E-state index in [1.54, 1.807) is 51.1 Å². The molecule has 1 amide bonds. The molecule has 0 aliphatic rings. The number of hydrogen-bond donors (Lipinski definition) is 3. The molecule has 196 valence electrons. The Morgan fingerprint density at radius 1 is 1.13 bits per heavy atom. The molecule has 2 aromatic heterocycles. The minimum atomic E-state index is -1.44. The number of hydrogen-bond acceptors (Lipinski definition) is 7. The van der Waals surface area contributed by atoms with E-state index in [1.165, 1.54) is 24.8 Å². The van der Waals surface area contributed by atoms with Crippen LogP contribution >= 0.6 is 12.2 Å². The number of aromatic nitrogens is 3. The van der Waals surface area contributed by atoms with Crippen LogP contribution in [-0.4, -0.2) is 31.1 Å². The van der Waals surface area contributed by atoms with Crippen LogP contribution in [0.25, 0.3) is 11.1 Å². The summed E-state index contributed by atoms with van der Waals surface area (Å²) >= 11 is 5.40. The summed E-state index contributed by atoms with van der Waals surface area (Å²) in [5.74, 6) is -1.41. The first kappa shape index (κ1) is 27.0. The minimum Gasteiger partial charge on any atom is -0.446 e. The van der Waals surface area contributed by atoms with Crippen molar-refractivity contribution in [2.75, 3.05) is 0 Å². The molecule has 4 aromatic rings. The fraction of sp³-hybridized carbons (Fsp3) is 0.222. The van der Waals surface area contributed by atoms with Crippen molar-refractivity contribution in [2.45, 2.75) is 38.8 Å². The first-order valence-corrected chi connectivity index (χ1v) is 12.0. The standard InChI is InChI=1S/C27H25F2N5O3S/c1-15-24(32-16(2)37-15)23(35)11-27(3,34-26(38)33-25(36)17-7-5-4-6-8-17)20-9-19(21(28)10-22(20)29)18-12-30-14-31-13-18/h4-10,12-14,23,35H,11H2,1-3H3,(H2,33,34,36,38). The molecule has 0 aliphatic heterocycles. The highest BCUT2D eigenvalue weighted by Crippen LogP contribution is 2.37. The van der Waals surface area contributed by atoms with Crippen LogP contribution in [0.1, 0.15) is 52.7 Å². The van der Waals surface area contributed by atoms with Gasteiger partial charge >= 0.3 is 0 Å². The highest BCUT2D eigenvalue weighted by atomic mass is 32.1. The third-order valence-electron chi connectivity index (χ3n) is 6.03. The third-order valence-corrected chi connectivity index (χ3v) is 6.24. The van der Waals surface area contributed by atoms with E-state index < -0.39 is 29.2 Å². The minimum absolute atomic E-state index is 0.00835. The molecular formula is C27H25F2N5O3S. The van der Waals surface area contributed by atoms with E-state index in [1.807, 2.05) is 0 Å². The first-order chi connectivity index (χ1) is 18.1. The van der Waals surface area contributed by atoms with E-state index in [9.17, 15) is 14.3 Å². The van der Waals surface area contributed by atoms with Crippen LogP contribution in [0.2, 0.25) is 0 Å². The zero-order valence-electron chi connectivity index (χ0n) is 20.8. The molecule has 8 nitrogen and oxygen atoms in total. The van der Waals surface area contributed by atoms with Crippen LogP contribution < -0.4 is 10.6 Å². The number of halogens is 2. The van der Waals surface area contributed by atoms with Crippen molar-refractivity contribution in [3.05, 3.63) is 101 Å². The van der Waals surface area contributed by atoms with Crippen LogP contribution in [0, 0.1) is 25.5 Å². The molecule has 0 saturated heterocycles. The fourth-order valence-electron chi connectivity index (χ4n) is 4.24. The lowest BCUT2D eigenvalue weighted by molar-refractivity contribution is 0.0974. The Kier molecular flexibility index (Phi) is 7.88. The van der Waals surface area contributed by atoms with Crippen LogP contribution in [-0.2, 0) is 5.54 Å². The Balaban J connectivity index is 1.73. The Hall–Kier alpha value is -4.09. The van der Waals surface area contributed by atoms with Crippen molar-refractivity contribution in [3.8, 4) is 11.1 Å². The molecule has 4 rings (SSSR count). The van der Waals surface area contributed by atoms with Crippen molar-refractivity contribution in [1.29, 1.82) is 0 Å². The summed E-state index contributed by atoms with van der Waals surface area (Å²) in [5.41, 5.74) is -0.428. The zero-order chi connectivity index (χ0) is 27.4. The van der Waals surface area contributed by atoms with Crippen molar-refractivity contribution in [3.63, 3.8) is 0 Å². The average molecular weight is 538 g/mol. The Bertz CT molecular complexity index is 1470. The highest BCUT2D eigenvalue weighted by molar-refractivity contribution is 7.80. The summed E-state index contributed by atoms with van der Waals surface area (Å²) in [5, 5.41) is 16.5. The van der Waals surface area contributed by atoms with Gasteiger partial charge in [0, 0.05) is 54.1 Å². The van der Waals surface area contributed by atoms with Crippen LogP contribution in [0.4, 0.5) is 8.78 Å². The van der Waals surface area contributed by atoms with Gasteiger partial charge < -0.3 is 14.8 Å². The SMILES string of the molecule is Cc1nc(C(O)CC(C)(NC(=S)NC(=O)c2ccccc2)c2cc(-c3cncnc3)c(F)cc2F)c(C)o1. The number of aliphatic hydroxyl groups is 1. The lowest BCUT2D eigenvalue weighted by atomic mass is 9.83. The number of nitrogens with zero attached hydrogens (tertiary/aromatic N) is 3. The number of aryl methyl sites for hydroxylation is 2. The average Bonchev–Trinajstić information content (AvgIpc) is 3.22. The van der Waals surface area contributed by atoms with Gasteiger partial charge in [0.15, 0.2) is 11.0 Å². The molecule has 0 aliphatic carbocycles. The summed E-state index contributed by atoms with van der Waals surface area (Å²) < 4.78 is 35.7. The first-order valence-electron chi connectivity index (χ1n) is 11.6. The van der Waals surface area contributed by atoms with Gasteiger partial charge in [-0.25, -0.2) is 23.7 Å². The van der Waals surface area contributed by atoms with Gasteiger partial charge in [0.05, 0.1) is 5.54 Å². The lowest BCUT2D eigenvalue weighted by Crippen LogP contribution is -2.50. The molecule has 0 spiro atoms. The van der Waals surface area contributed by atoms with E-state index >= 15 is 4.39 Å². The van der Waals surface area contributed by atoms with Gasteiger partial charge in [-0.15, -0.1) is 0 Å². The summed E-state index contributed by atoms with van der Waals surface area (Å²) in [6, 6.07) is 10.5. The molecule has 2 unspecified atom stereocenters. The molecule has 2 heterocycles. The maximum Gasteiger partial charge on any atom is 0.257 e. The number of aliphatic hydroxyl groups excluding tert-OH is 1. The molecule has 3 N–H and O–H groups in total. The van der Waals surface area contributed by atoms with Crippen molar-refractivity contribution >= 4 is 23.2 Å². The molecule has 0 saturated carbocycles. The van der Waals surface area contributed by atoms with Gasteiger partial charge in [-0.2, -0.15) is 0 Å². The zero-order valence-corrected chi connectivity index (χ0v) is 21.6. The predicted molar refractivity (Wildman–Crippen MR) is 140 cm³/mol. The Labute approximate surface area is 223 Å². The van der Waals surface area contributed by atoms with Crippen molar-refractivity contribution < 1.29 is 23.1 Å². The largest absolute Gasteiger partial charge is 0.446 e. The number of nitrogens with one attached hydrogen (secondary N) is 2. The molecule has 0 fully saturated rings. The van der Waals surface area contributed by atoms with E-state index in [0.717, 1.165) is 6.07 Å². The summed E-state index contributed by atoms with van der Waals surface area (Å²) in [6.45, 7) is 4.88. The molecular weight excluding hydrogens is 512 g/mol. The quantitative estimate of drug-likeness (QED) is 0.292. The van der Waals surface area contributed by atoms with Crippen LogP contribution in [0.5, 0.6) is 0 Å². The topological polar surface area (TPSA) is 113 Å². The lowest BCUT2D eigenvalue weighted by Gasteiger charge is -2.35.